The van der Waals surface area contributed by atoms with E-state index in [4.69, 9.17) is 19.3 Å². The van der Waals surface area contributed by atoms with Crippen LogP contribution < -0.4 is 9.47 Å². The van der Waals surface area contributed by atoms with Crippen LogP contribution >= 0.6 is 11.8 Å². The van der Waals surface area contributed by atoms with Crippen LogP contribution in [0.5, 0.6) is 11.5 Å². The number of thioether (sulfide) groups is 1. The second-order valence-electron chi connectivity index (χ2n) is 11.6. The van der Waals surface area contributed by atoms with Gasteiger partial charge in [-0.2, -0.15) is 0 Å². The van der Waals surface area contributed by atoms with Crippen molar-refractivity contribution in [2.45, 2.75) is 68.1 Å². The summed E-state index contributed by atoms with van der Waals surface area (Å²) >= 11 is 1.23. The first-order valence-corrected chi connectivity index (χ1v) is 15.1. The number of benzene rings is 3. The van der Waals surface area contributed by atoms with Crippen molar-refractivity contribution in [3.8, 4) is 11.5 Å². The number of cyclic esters (lactones) is 1. The molecule has 1 aliphatic heterocycles. The normalized spacial score (nSPS) is 19.0. The van der Waals surface area contributed by atoms with E-state index < -0.39 is 16.8 Å². The van der Waals surface area contributed by atoms with Crippen molar-refractivity contribution in [2.75, 3.05) is 26.4 Å². The molecule has 224 valence electrons. The van der Waals surface area contributed by atoms with Crippen LogP contribution in [0.25, 0.3) is 0 Å². The minimum Gasteiger partial charge on any atom is -0.491 e. The SMILES string of the molecule is Cc1cc(SC2C(=O)CC(CCc3ccccc3)(c3ccc(OCCO)cc3)OC2=O)c(C(C)(C)C)cc1OCCO. The lowest BCUT2D eigenvalue weighted by Crippen LogP contribution is -2.47. The van der Waals surface area contributed by atoms with Gasteiger partial charge in [0, 0.05) is 4.90 Å². The highest BCUT2D eigenvalue weighted by atomic mass is 32.2. The minimum atomic E-state index is -1.11. The van der Waals surface area contributed by atoms with Crippen LogP contribution in [0, 0.1) is 6.92 Å². The van der Waals surface area contributed by atoms with Gasteiger partial charge in [0.1, 0.15) is 30.3 Å². The maximum absolute atomic E-state index is 13.8. The molecule has 0 saturated carbocycles. The number of aryl methyl sites for hydroxylation is 2. The smallest absolute Gasteiger partial charge is 0.327 e. The van der Waals surface area contributed by atoms with E-state index in [1.807, 2.05) is 61.5 Å². The van der Waals surface area contributed by atoms with E-state index >= 15 is 0 Å². The summed E-state index contributed by atoms with van der Waals surface area (Å²) < 4.78 is 17.5. The molecular weight excluding hydrogens is 552 g/mol. The summed E-state index contributed by atoms with van der Waals surface area (Å²) in [6.07, 6.45) is 1.14. The molecule has 0 amide bonds. The van der Waals surface area contributed by atoms with E-state index in [-0.39, 0.29) is 44.0 Å². The summed E-state index contributed by atoms with van der Waals surface area (Å²) in [5.41, 5.74) is 2.24. The molecule has 7 nitrogen and oxygen atoms in total. The number of ether oxygens (including phenoxy) is 3. The largest absolute Gasteiger partial charge is 0.491 e. The molecule has 1 fully saturated rings. The summed E-state index contributed by atoms with van der Waals surface area (Å²) in [6, 6.07) is 21.0. The Morgan fingerprint density at radius 1 is 0.952 bits per heavy atom. The third-order valence-electron chi connectivity index (χ3n) is 7.34. The van der Waals surface area contributed by atoms with E-state index in [9.17, 15) is 14.7 Å². The Kier molecular flexibility index (Phi) is 10.4. The van der Waals surface area contributed by atoms with Gasteiger partial charge in [-0.1, -0.05) is 63.2 Å². The Hall–Kier alpha value is -3.33. The van der Waals surface area contributed by atoms with Crippen LogP contribution in [0.1, 0.15) is 55.9 Å². The molecule has 8 heteroatoms. The molecule has 2 atom stereocenters. The number of rotatable bonds is 12. The number of ketones is 1. The zero-order valence-corrected chi connectivity index (χ0v) is 25.5. The molecule has 0 aliphatic carbocycles. The molecule has 3 aromatic rings. The van der Waals surface area contributed by atoms with Crippen LogP contribution in [-0.4, -0.2) is 53.6 Å². The van der Waals surface area contributed by atoms with Gasteiger partial charge in [0.05, 0.1) is 19.6 Å². The summed E-state index contributed by atoms with van der Waals surface area (Å²) in [5, 5.41) is 17.3. The van der Waals surface area contributed by atoms with Gasteiger partial charge in [0.15, 0.2) is 11.0 Å². The highest BCUT2D eigenvalue weighted by Gasteiger charge is 2.48. The lowest BCUT2D eigenvalue weighted by Gasteiger charge is -2.39. The van der Waals surface area contributed by atoms with E-state index in [2.05, 4.69) is 20.8 Å². The molecule has 42 heavy (non-hydrogen) atoms. The molecule has 0 aromatic heterocycles. The minimum absolute atomic E-state index is 0.0572. The molecule has 0 bridgehead atoms. The molecule has 1 heterocycles. The Morgan fingerprint density at radius 2 is 1.62 bits per heavy atom. The molecule has 0 radical (unpaired) electrons. The number of carbonyl (C=O) groups is 2. The maximum Gasteiger partial charge on any atom is 0.327 e. The van der Waals surface area contributed by atoms with Gasteiger partial charge in [-0.15, -0.1) is 11.8 Å². The first-order valence-electron chi connectivity index (χ1n) is 14.3. The van der Waals surface area contributed by atoms with Crippen molar-refractivity contribution in [3.05, 3.63) is 89.0 Å². The van der Waals surface area contributed by atoms with E-state index in [0.29, 0.717) is 24.3 Å². The fraction of sp³-hybridized carbons (Fsp3) is 0.412. The topological polar surface area (TPSA) is 102 Å². The van der Waals surface area contributed by atoms with Crippen LogP contribution in [-0.2, 0) is 31.8 Å². The van der Waals surface area contributed by atoms with E-state index in [1.165, 1.54) is 11.8 Å². The quantitative estimate of drug-likeness (QED) is 0.209. The Balaban J connectivity index is 1.63. The average Bonchev–Trinajstić information content (AvgIpc) is 2.96. The predicted octanol–water partition coefficient (Wildman–Crippen LogP) is 5.54. The molecule has 4 rings (SSSR count). The van der Waals surface area contributed by atoms with E-state index in [1.54, 1.807) is 12.1 Å². The van der Waals surface area contributed by atoms with Gasteiger partial charge in [-0.25, -0.2) is 0 Å². The third kappa shape index (κ3) is 7.54. The number of aliphatic hydroxyl groups excluding tert-OH is 2. The van der Waals surface area contributed by atoms with Crippen LogP contribution in [0.2, 0.25) is 0 Å². The second kappa shape index (κ2) is 13.8. The Morgan fingerprint density at radius 3 is 2.24 bits per heavy atom. The summed E-state index contributed by atoms with van der Waals surface area (Å²) in [7, 11) is 0. The van der Waals surface area contributed by atoms with Gasteiger partial charge in [0.2, 0.25) is 0 Å². The van der Waals surface area contributed by atoms with E-state index in [0.717, 1.165) is 27.1 Å². The Labute approximate surface area is 252 Å². The van der Waals surface area contributed by atoms with Crippen LogP contribution in [0.3, 0.4) is 0 Å². The molecular formula is C34H40O7S. The first-order chi connectivity index (χ1) is 20.1. The summed E-state index contributed by atoms with van der Waals surface area (Å²) in [5.74, 6) is 0.526. The number of hydrogen-bond donors (Lipinski definition) is 2. The molecule has 3 aromatic carbocycles. The number of aliphatic hydroxyl groups is 2. The lowest BCUT2D eigenvalue weighted by atomic mass is 9.81. The fourth-order valence-electron chi connectivity index (χ4n) is 5.14. The standard InChI is InChI=1S/C34H40O7S/c1-23-20-30(27(33(2,3)4)21-29(23)40-19-17-36)42-31-28(37)22-34(41-32(31)38,15-14-24-8-6-5-7-9-24)25-10-12-26(13-11-25)39-18-16-35/h5-13,20-21,31,35-36H,14-19,22H2,1-4H3. The van der Waals surface area contributed by atoms with Gasteiger partial charge in [0.25, 0.3) is 0 Å². The maximum atomic E-state index is 13.8. The van der Waals surface area contributed by atoms with Gasteiger partial charge >= 0.3 is 5.97 Å². The zero-order valence-electron chi connectivity index (χ0n) is 24.7. The predicted molar refractivity (Wildman–Crippen MR) is 163 cm³/mol. The number of carbonyl (C=O) groups excluding carboxylic acids is 2. The third-order valence-corrected chi connectivity index (χ3v) is 8.62. The highest BCUT2D eigenvalue weighted by Crippen LogP contribution is 2.45. The lowest BCUT2D eigenvalue weighted by molar-refractivity contribution is -0.171. The fourth-order valence-corrected chi connectivity index (χ4v) is 6.49. The highest BCUT2D eigenvalue weighted by molar-refractivity contribution is 8.01. The molecule has 1 aliphatic rings. The molecule has 2 unspecified atom stereocenters. The Bertz CT molecular complexity index is 1350. The molecule has 1 saturated heterocycles. The van der Waals surface area contributed by atoms with Crippen LogP contribution in [0.4, 0.5) is 0 Å². The van der Waals surface area contributed by atoms with Gasteiger partial charge < -0.3 is 24.4 Å². The second-order valence-corrected chi connectivity index (χ2v) is 12.7. The van der Waals surface area contributed by atoms with Crippen molar-refractivity contribution in [3.63, 3.8) is 0 Å². The molecule has 0 spiro atoms. The van der Waals surface area contributed by atoms with Gasteiger partial charge in [-0.05, 0) is 71.7 Å². The van der Waals surface area contributed by atoms with Crippen molar-refractivity contribution in [1.29, 1.82) is 0 Å². The monoisotopic (exact) mass is 592 g/mol. The van der Waals surface area contributed by atoms with Crippen LogP contribution in [0.15, 0.2) is 71.6 Å². The van der Waals surface area contributed by atoms with Crippen molar-refractivity contribution >= 4 is 23.5 Å². The summed E-state index contributed by atoms with van der Waals surface area (Å²) in [6.45, 7) is 8.30. The zero-order chi connectivity index (χ0) is 30.3. The number of esters is 1. The molecule has 2 N–H and O–H groups in total. The van der Waals surface area contributed by atoms with Crippen molar-refractivity contribution in [2.24, 2.45) is 0 Å². The average molecular weight is 593 g/mol. The number of hydrogen-bond acceptors (Lipinski definition) is 8. The van der Waals surface area contributed by atoms with Crippen molar-refractivity contribution < 1.29 is 34.0 Å². The first kappa shape index (κ1) is 31.6. The summed E-state index contributed by atoms with van der Waals surface area (Å²) in [4.78, 5) is 28.4. The number of Topliss-reactive ketones (excluding diaryl/α,β-unsaturated/α-hetero) is 1. The van der Waals surface area contributed by atoms with Crippen molar-refractivity contribution in [1.82, 2.24) is 0 Å². The van der Waals surface area contributed by atoms with Gasteiger partial charge in [-0.3, -0.25) is 9.59 Å².